The number of hydrogen-bond acceptors (Lipinski definition) is 9. The fourth-order valence-corrected chi connectivity index (χ4v) is 3.69. The minimum absolute atomic E-state index is 0.134. The van der Waals surface area contributed by atoms with Gasteiger partial charge in [-0.15, -0.1) is 0 Å². The molecule has 0 aromatic carbocycles. The van der Waals surface area contributed by atoms with Crippen LogP contribution in [-0.2, 0) is 0 Å². The van der Waals surface area contributed by atoms with Gasteiger partial charge in [-0.3, -0.25) is 4.79 Å². The maximum absolute atomic E-state index is 15.1. The van der Waals surface area contributed by atoms with Gasteiger partial charge in [-0.1, -0.05) is 0 Å². The van der Waals surface area contributed by atoms with Gasteiger partial charge in [0.2, 0.25) is 0 Å². The largest absolute Gasteiger partial charge is 0.397 e. The molecule has 2 aromatic heterocycles. The molecule has 10 nitrogen and oxygen atoms in total. The first kappa shape index (κ1) is 21.5. The second-order valence-corrected chi connectivity index (χ2v) is 7.82. The molecule has 2 aromatic rings. The number of aromatic nitrogens is 2. The first-order valence-corrected chi connectivity index (χ1v) is 10.3. The first-order chi connectivity index (χ1) is 15.4. The van der Waals surface area contributed by atoms with E-state index in [9.17, 15) is 4.79 Å². The van der Waals surface area contributed by atoms with Crippen LogP contribution in [0.4, 0.5) is 27.4 Å². The summed E-state index contributed by atoms with van der Waals surface area (Å²) in [6.07, 6.45) is 6.39. The Morgan fingerprint density at radius 1 is 1.25 bits per heavy atom. The van der Waals surface area contributed by atoms with E-state index >= 15 is 4.39 Å². The number of hydrogen-bond donors (Lipinski definition) is 5. The third-order valence-electron chi connectivity index (χ3n) is 5.38. The fourth-order valence-electron chi connectivity index (χ4n) is 3.69. The number of nitrogens with zero attached hydrogens (tertiary/aromatic N) is 4. The van der Waals surface area contributed by atoms with Crippen molar-refractivity contribution in [3.63, 3.8) is 0 Å². The van der Waals surface area contributed by atoms with Gasteiger partial charge in [-0.05, 0) is 24.6 Å². The van der Waals surface area contributed by atoms with E-state index in [0.717, 1.165) is 0 Å². The number of nitrogen functional groups attached to an aromatic ring is 1. The normalized spacial score (nSPS) is 22.9. The maximum Gasteiger partial charge on any atom is 0.252 e. The zero-order chi connectivity index (χ0) is 22.7. The second-order valence-electron chi connectivity index (χ2n) is 7.82. The molecule has 4 rings (SSSR count). The summed E-state index contributed by atoms with van der Waals surface area (Å²) >= 11 is 0. The number of carbonyl (C=O) groups is 1. The van der Waals surface area contributed by atoms with Gasteiger partial charge < -0.3 is 32.7 Å². The summed E-state index contributed by atoms with van der Waals surface area (Å²) in [6.45, 7) is 0.757. The van der Waals surface area contributed by atoms with E-state index in [4.69, 9.17) is 17.2 Å². The number of primary amides is 1. The van der Waals surface area contributed by atoms with E-state index in [-0.39, 0.29) is 18.2 Å². The number of aliphatic imine (C=N–C) groups is 1. The number of alkyl halides is 1. The number of nitrogens with one attached hydrogen (secondary N) is 2. The molecule has 11 heteroatoms. The van der Waals surface area contributed by atoms with Crippen molar-refractivity contribution in [2.45, 2.75) is 31.1 Å². The van der Waals surface area contributed by atoms with Gasteiger partial charge in [-0.2, -0.15) is 0 Å². The number of nitrogens with two attached hydrogens (primary N) is 3. The predicted molar refractivity (Wildman–Crippen MR) is 123 cm³/mol. The SMILES string of the molecule is NC(=O)c1cnc(NC2=CC(N)CC=N2)cc1N[C@@H]1CCN(c2ccc(N)cn2)C[C@@H]1F. The van der Waals surface area contributed by atoms with Crippen LogP contribution in [0.3, 0.4) is 0 Å². The molecule has 0 bridgehead atoms. The number of pyridine rings is 2. The third-order valence-corrected chi connectivity index (χ3v) is 5.38. The van der Waals surface area contributed by atoms with E-state index in [1.165, 1.54) is 6.20 Å². The Labute approximate surface area is 184 Å². The third kappa shape index (κ3) is 4.94. The van der Waals surface area contributed by atoms with Crippen molar-refractivity contribution in [3.05, 3.63) is 48.1 Å². The van der Waals surface area contributed by atoms with Crippen molar-refractivity contribution >= 4 is 35.1 Å². The number of anilines is 4. The lowest BCUT2D eigenvalue weighted by molar-refractivity contribution is 0.100. The van der Waals surface area contributed by atoms with E-state index in [1.807, 2.05) is 4.90 Å². The van der Waals surface area contributed by atoms with Crippen molar-refractivity contribution in [1.29, 1.82) is 0 Å². The molecule has 1 amide bonds. The zero-order valence-electron chi connectivity index (χ0n) is 17.4. The average molecular weight is 439 g/mol. The summed E-state index contributed by atoms with van der Waals surface area (Å²) in [4.78, 5) is 26.5. The van der Waals surface area contributed by atoms with Crippen LogP contribution in [-0.4, -0.2) is 53.4 Å². The lowest BCUT2D eigenvalue weighted by Gasteiger charge is -2.36. The second kappa shape index (κ2) is 9.18. The first-order valence-electron chi connectivity index (χ1n) is 10.3. The molecule has 0 spiro atoms. The molecule has 8 N–H and O–H groups in total. The van der Waals surface area contributed by atoms with Crippen LogP contribution in [0.15, 0.2) is 47.5 Å². The van der Waals surface area contributed by atoms with E-state index in [1.54, 1.807) is 36.7 Å². The molecule has 32 heavy (non-hydrogen) atoms. The van der Waals surface area contributed by atoms with Crippen LogP contribution in [0.25, 0.3) is 0 Å². The highest BCUT2D eigenvalue weighted by Gasteiger charge is 2.30. The van der Waals surface area contributed by atoms with Crippen molar-refractivity contribution in [2.24, 2.45) is 16.5 Å². The topological polar surface area (TPSA) is 161 Å². The van der Waals surface area contributed by atoms with E-state index in [0.29, 0.717) is 48.2 Å². The molecule has 3 atom stereocenters. The van der Waals surface area contributed by atoms with E-state index < -0.39 is 18.1 Å². The number of amides is 1. The van der Waals surface area contributed by atoms with Gasteiger partial charge in [0.25, 0.3) is 5.91 Å². The van der Waals surface area contributed by atoms with Gasteiger partial charge in [0, 0.05) is 37.5 Å². The Kier molecular flexibility index (Phi) is 6.17. The molecule has 1 fully saturated rings. The molecule has 0 saturated carbocycles. The van der Waals surface area contributed by atoms with Gasteiger partial charge in [0.15, 0.2) is 0 Å². The summed E-state index contributed by atoms with van der Waals surface area (Å²) < 4.78 is 15.1. The molecule has 1 unspecified atom stereocenters. The highest BCUT2D eigenvalue weighted by molar-refractivity contribution is 5.98. The van der Waals surface area contributed by atoms with Gasteiger partial charge in [0.1, 0.15) is 23.6 Å². The van der Waals surface area contributed by atoms with Crippen LogP contribution < -0.4 is 32.7 Å². The molecule has 168 valence electrons. The predicted octanol–water partition coefficient (Wildman–Crippen LogP) is 1.24. The Morgan fingerprint density at radius 3 is 2.78 bits per heavy atom. The summed E-state index contributed by atoms with van der Waals surface area (Å²) in [6, 6.07) is 4.50. The number of halogens is 1. The molecular formula is C21H26FN9O. The Bertz CT molecular complexity index is 1040. The van der Waals surface area contributed by atoms with Crippen LogP contribution >= 0.6 is 0 Å². The molecule has 0 aliphatic carbocycles. The monoisotopic (exact) mass is 439 g/mol. The number of rotatable bonds is 6. The Balaban J connectivity index is 1.48. The molecule has 2 aliphatic heterocycles. The van der Waals surface area contributed by atoms with Crippen LogP contribution in [0, 0.1) is 0 Å². The average Bonchev–Trinajstić information content (AvgIpc) is 2.76. The van der Waals surface area contributed by atoms with Crippen LogP contribution in [0.2, 0.25) is 0 Å². The number of piperidine rings is 1. The van der Waals surface area contributed by atoms with Crippen molar-refractivity contribution < 1.29 is 9.18 Å². The zero-order valence-corrected chi connectivity index (χ0v) is 17.4. The molecule has 4 heterocycles. The smallest absolute Gasteiger partial charge is 0.252 e. The highest BCUT2D eigenvalue weighted by Crippen LogP contribution is 2.26. The quantitative estimate of drug-likeness (QED) is 0.449. The fraction of sp³-hybridized carbons (Fsp3) is 0.333. The minimum Gasteiger partial charge on any atom is -0.397 e. The highest BCUT2D eigenvalue weighted by atomic mass is 19.1. The van der Waals surface area contributed by atoms with Gasteiger partial charge in [-0.25, -0.2) is 19.4 Å². The molecule has 1 saturated heterocycles. The van der Waals surface area contributed by atoms with Gasteiger partial charge in [0.05, 0.1) is 35.7 Å². The molecule has 0 radical (unpaired) electrons. The van der Waals surface area contributed by atoms with E-state index in [2.05, 4.69) is 25.6 Å². The minimum atomic E-state index is -1.20. The lowest BCUT2D eigenvalue weighted by Crippen LogP contribution is -2.48. The molecule has 2 aliphatic rings. The van der Waals surface area contributed by atoms with Gasteiger partial charge >= 0.3 is 0 Å². The number of carbonyl (C=O) groups excluding carboxylic acids is 1. The van der Waals surface area contributed by atoms with Crippen molar-refractivity contribution in [2.75, 3.05) is 34.4 Å². The Hall–Kier alpha value is -3.73. The summed E-state index contributed by atoms with van der Waals surface area (Å²) in [5, 5.41) is 6.20. The standard InChI is InChI=1S/C21H26FN9O/c22-15-11-31(20-2-1-13(24)9-28-20)6-4-16(15)29-17-8-19(27-10-14(17)21(25)32)30-18-7-12(23)3-5-26-18/h1-2,5,7-10,12,15-16H,3-4,6,11,23-24H2,(H2,25,32)(H2,27,29,30)/t12?,15-,16+/m0/s1. The van der Waals surface area contributed by atoms with Crippen LogP contribution in [0.5, 0.6) is 0 Å². The maximum atomic E-state index is 15.1. The van der Waals surface area contributed by atoms with Crippen molar-refractivity contribution in [3.8, 4) is 0 Å². The summed E-state index contributed by atoms with van der Waals surface area (Å²) in [5.74, 6) is 1.02. The molecular weight excluding hydrogens is 413 g/mol. The van der Waals surface area contributed by atoms with Crippen LogP contribution in [0.1, 0.15) is 23.2 Å². The Morgan fingerprint density at radius 2 is 2.09 bits per heavy atom. The summed E-state index contributed by atoms with van der Waals surface area (Å²) in [7, 11) is 0. The summed E-state index contributed by atoms with van der Waals surface area (Å²) in [5.41, 5.74) is 18.2. The lowest BCUT2D eigenvalue weighted by atomic mass is 10.0. The van der Waals surface area contributed by atoms with Crippen molar-refractivity contribution in [1.82, 2.24) is 9.97 Å².